The van der Waals surface area contributed by atoms with E-state index in [1.54, 1.807) is 35.9 Å². The van der Waals surface area contributed by atoms with Gasteiger partial charge in [-0.15, -0.1) is 0 Å². The van der Waals surface area contributed by atoms with Crippen molar-refractivity contribution in [2.45, 2.75) is 32.9 Å². The Morgan fingerprint density at radius 3 is 2.59 bits per heavy atom. The van der Waals surface area contributed by atoms with Crippen molar-refractivity contribution in [1.82, 2.24) is 9.78 Å². The van der Waals surface area contributed by atoms with Gasteiger partial charge in [0.2, 0.25) is 0 Å². The summed E-state index contributed by atoms with van der Waals surface area (Å²) in [4.78, 5) is 11.4. The normalized spacial score (nSPS) is 13.1. The molecule has 1 aliphatic rings. The monoisotopic (exact) mass is 472 g/mol. The van der Waals surface area contributed by atoms with E-state index in [0.717, 1.165) is 29.7 Å². The number of halogens is 2. The second-order valence-corrected chi connectivity index (χ2v) is 7.93. The molecule has 1 aromatic heterocycles. The maximum atomic E-state index is 12.7. The molecule has 1 heterocycles. The van der Waals surface area contributed by atoms with E-state index in [0.29, 0.717) is 37.2 Å². The molecule has 0 aliphatic heterocycles. The van der Waals surface area contributed by atoms with E-state index in [1.807, 2.05) is 24.4 Å². The van der Waals surface area contributed by atoms with Crippen molar-refractivity contribution in [3.63, 3.8) is 0 Å². The van der Waals surface area contributed by atoms with Gasteiger partial charge in [0.05, 0.1) is 25.5 Å². The molecule has 34 heavy (non-hydrogen) atoms. The van der Waals surface area contributed by atoms with Crippen LogP contribution < -0.4 is 14.2 Å². The van der Waals surface area contributed by atoms with E-state index in [2.05, 4.69) is 9.84 Å². The fourth-order valence-corrected chi connectivity index (χ4v) is 3.31. The second kappa shape index (κ2) is 11.0. The summed E-state index contributed by atoms with van der Waals surface area (Å²) in [5.41, 5.74) is 2.50. The van der Waals surface area contributed by atoms with Crippen LogP contribution in [0, 0.1) is 5.92 Å². The van der Waals surface area contributed by atoms with E-state index < -0.39 is 12.6 Å². The Labute approximate surface area is 196 Å². The fraction of sp³-hybridized carbons (Fsp3) is 0.360. The molecular formula is C25H26F2N2O5. The molecule has 3 aromatic rings. The molecule has 0 saturated heterocycles. The first-order valence-electron chi connectivity index (χ1n) is 11.1. The highest BCUT2D eigenvalue weighted by Gasteiger charge is 2.23. The quantitative estimate of drug-likeness (QED) is 0.348. The average Bonchev–Trinajstić information content (AvgIpc) is 3.54. The van der Waals surface area contributed by atoms with Gasteiger partial charge < -0.3 is 18.9 Å². The Morgan fingerprint density at radius 2 is 1.88 bits per heavy atom. The fourth-order valence-electron chi connectivity index (χ4n) is 3.31. The lowest BCUT2D eigenvalue weighted by Gasteiger charge is -2.13. The van der Waals surface area contributed by atoms with Gasteiger partial charge in [0, 0.05) is 11.8 Å². The van der Waals surface area contributed by atoms with Gasteiger partial charge in [-0.1, -0.05) is 6.07 Å². The number of rotatable bonds is 12. The van der Waals surface area contributed by atoms with Crippen LogP contribution >= 0.6 is 0 Å². The van der Waals surface area contributed by atoms with Gasteiger partial charge in [-0.2, -0.15) is 13.9 Å². The Balaban J connectivity index is 1.40. The van der Waals surface area contributed by atoms with Crippen LogP contribution in [-0.2, 0) is 16.1 Å². The minimum atomic E-state index is -2.91. The summed E-state index contributed by atoms with van der Waals surface area (Å²) in [6.45, 7) is -0.0690. The van der Waals surface area contributed by atoms with Gasteiger partial charge in [0.1, 0.15) is 5.75 Å². The summed E-state index contributed by atoms with van der Waals surface area (Å²) in [5, 5.41) is 4.60. The largest absolute Gasteiger partial charge is 0.489 e. The van der Waals surface area contributed by atoms with Crippen LogP contribution in [0.25, 0.3) is 11.3 Å². The number of hydrogen-bond donors (Lipinski definition) is 0. The zero-order chi connectivity index (χ0) is 23.9. The van der Waals surface area contributed by atoms with E-state index in [-0.39, 0.29) is 12.4 Å². The van der Waals surface area contributed by atoms with Crippen molar-refractivity contribution in [1.29, 1.82) is 0 Å². The van der Waals surface area contributed by atoms with E-state index in [4.69, 9.17) is 14.2 Å². The highest BCUT2D eigenvalue weighted by Crippen LogP contribution is 2.34. The molecule has 9 heteroatoms. The van der Waals surface area contributed by atoms with Gasteiger partial charge >= 0.3 is 12.6 Å². The molecular weight excluding hydrogens is 446 g/mol. The lowest BCUT2D eigenvalue weighted by Crippen LogP contribution is -2.14. The number of nitrogens with zero attached hydrogens (tertiary/aromatic N) is 2. The number of esters is 1. The molecule has 0 bridgehead atoms. The van der Waals surface area contributed by atoms with Crippen LogP contribution in [0.4, 0.5) is 8.78 Å². The molecule has 1 fully saturated rings. The lowest BCUT2D eigenvalue weighted by atomic mass is 10.1. The molecule has 0 spiro atoms. The number of benzene rings is 2. The minimum absolute atomic E-state index is 0.0332. The van der Waals surface area contributed by atoms with Crippen LogP contribution in [0.3, 0.4) is 0 Å². The third-order valence-electron chi connectivity index (χ3n) is 5.19. The number of carbonyl (C=O) groups is 1. The van der Waals surface area contributed by atoms with Gasteiger partial charge in [0.15, 0.2) is 18.1 Å². The van der Waals surface area contributed by atoms with Crippen molar-refractivity contribution in [2.75, 3.05) is 19.8 Å². The highest BCUT2D eigenvalue weighted by atomic mass is 19.3. The Hall–Kier alpha value is -3.62. The van der Waals surface area contributed by atoms with Crippen LogP contribution in [0.2, 0.25) is 0 Å². The predicted octanol–water partition coefficient (Wildman–Crippen LogP) is 4.93. The Kier molecular flexibility index (Phi) is 7.61. The minimum Gasteiger partial charge on any atom is -0.489 e. The van der Waals surface area contributed by atoms with Crippen LogP contribution in [0.5, 0.6) is 17.2 Å². The Bertz CT molecular complexity index is 1100. The SMILES string of the molecule is CCOC(=O)COc1ccc(-c2ccn(Cc3ccc(OC(F)F)c(OCC4CC4)c3)n2)cc1. The van der Waals surface area contributed by atoms with Gasteiger partial charge in [-0.05, 0) is 73.7 Å². The van der Waals surface area contributed by atoms with Crippen molar-refractivity contribution in [2.24, 2.45) is 5.92 Å². The first-order chi connectivity index (χ1) is 16.5. The van der Waals surface area contributed by atoms with Crippen molar-refractivity contribution < 1.29 is 32.5 Å². The summed E-state index contributed by atoms with van der Waals surface area (Å²) in [6, 6.07) is 14.1. The first kappa shape index (κ1) is 23.5. The summed E-state index contributed by atoms with van der Waals surface area (Å²) < 4.78 is 47.8. The number of hydrogen-bond acceptors (Lipinski definition) is 6. The predicted molar refractivity (Wildman–Crippen MR) is 120 cm³/mol. The van der Waals surface area contributed by atoms with E-state index in [9.17, 15) is 13.6 Å². The van der Waals surface area contributed by atoms with Crippen molar-refractivity contribution in [3.05, 3.63) is 60.3 Å². The van der Waals surface area contributed by atoms with Crippen LogP contribution in [0.1, 0.15) is 25.3 Å². The standard InChI is InChI=1S/C25H26F2N2O5/c1-2-31-24(30)16-32-20-8-6-19(7-9-20)21-11-12-29(28-21)14-18-5-10-22(34-25(26)27)23(13-18)33-15-17-3-4-17/h5-13,17,25H,2-4,14-16H2,1H3. The summed E-state index contributed by atoms with van der Waals surface area (Å²) >= 11 is 0. The number of alkyl halides is 2. The summed E-state index contributed by atoms with van der Waals surface area (Å²) in [5.74, 6) is 0.973. The van der Waals surface area contributed by atoms with Gasteiger partial charge in [0.25, 0.3) is 0 Å². The third kappa shape index (κ3) is 6.69. The van der Waals surface area contributed by atoms with Crippen molar-refractivity contribution >= 4 is 5.97 Å². The number of aromatic nitrogens is 2. The molecule has 4 rings (SSSR count). The van der Waals surface area contributed by atoms with Crippen molar-refractivity contribution in [3.8, 4) is 28.5 Å². The molecule has 0 amide bonds. The molecule has 0 atom stereocenters. The molecule has 2 aromatic carbocycles. The second-order valence-electron chi connectivity index (χ2n) is 7.93. The zero-order valence-corrected chi connectivity index (χ0v) is 18.8. The lowest BCUT2D eigenvalue weighted by molar-refractivity contribution is -0.145. The molecule has 1 saturated carbocycles. The summed E-state index contributed by atoms with van der Waals surface area (Å²) in [6.07, 6.45) is 4.04. The van der Waals surface area contributed by atoms with Crippen LogP contribution in [-0.4, -0.2) is 42.2 Å². The molecule has 0 N–H and O–H groups in total. The zero-order valence-electron chi connectivity index (χ0n) is 18.8. The first-order valence-corrected chi connectivity index (χ1v) is 11.1. The maximum Gasteiger partial charge on any atom is 0.387 e. The van der Waals surface area contributed by atoms with Crippen LogP contribution in [0.15, 0.2) is 54.7 Å². The highest BCUT2D eigenvalue weighted by molar-refractivity contribution is 5.71. The average molecular weight is 472 g/mol. The van der Waals surface area contributed by atoms with Gasteiger partial charge in [-0.25, -0.2) is 4.79 Å². The topological polar surface area (TPSA) is 71.8 Å². The van der Waals surface area contributed by atoms with Gasteiger partial charge in [-0.3, -0.25) is 4.68 Å². The number of carbonyl (C=O) groups excluding carboxylic acids is 1. The Morgan fingerprint density at radius 1 is 1.09 bits per heavy atom. The maximum absolute atomic E-state index is 12.7. The smallest absolute Gasteiger partial charge is 0.387 e. The third-order valence-corrected chi connectivity index (χ3v) is 5.19. The molecule has 0 radical (unpaired) electrons. The molecule has 180 valence electrons. The molecule has 7 nitrogen and oxygen atoms in total. The number of ether oxygens (including phenoxy) is 4. The van der Waals surface area contributed by atoms with E-state index >= 15 is 0 Å². The van der Waals surface area contributed by atoms with E-state index in [1.165, 1.54) is 6.07 Å². The molecule has 1 aliphatic carbocycles. The summed E-state index contributed by atoms with van der Waals surface area (Å²) in [7, 11) is 0. The molecule has 0 unspecified atom stereocenters.